The lowest BCUT2D eigenvalue weighted by Crippen LogP contribution is -2.44. The van der Waals surface area contributed by atoms with Gasteiger partial charge < -0.3 is 10.1 Å². The molecule has 4 rings (SSSR count). The average Bonchev–Trinajstić information content (AvgIpc) is 3.09. The third kappa shape index (κ3) is 4.72. The lowest BCUT2D eigenvalue weighted by Gasteiger charge is -2.25. The average molecular weight is 525 g/mol. The molecule has 9 heteroatoms. The first kappa shape index (κ1) is 25.4. The number of hydrogen-bond acceptors (Lipinski definition) is 5. The van der Waals surface area contributed by atoms with Crippen LogP contribution in [0.5, 0.6) is 0 Å². The van der Waals surface area contributed by atoms with Gasteiger partial charge in [0.05, 0.1) is 11.1 Å². The Hall–Kier alpha value is -3.68. The Morgan fingerprint density at radius 2 is 1.47 bits per heavy atom. The maximum atomic E-state index is 13.4. The first-order chi connectivity index (χ1) is 17.1. The van der Waals surface area contributed by atoms with E-state index in [4.69, 9.17) is 27.9 Å². The first-order valence-electron chi connectivity index (χ1n) is 11.1. The molecule has 7 nitrogen and oxygen atoms in total. The van der Waals surface area contributed by atoms with Crippen molar-refractivity contribution in [3.05, 3.63) is 98.5 Å². The fraction of sp³-hybridized carbons (Fsp3) is 0.185. The number of para-hydroxylation sites is 1. The SMILES string of the molecule is Cc1cccc(C)c1NC(=O)[C@@H](OC(=O)[C@H](C)N1C(=O)c2ccccc2C1=O)c1ccc(Cl)cc1Cl. The molecule has 0 fully saturated rings. The molecule has 3 aromatic carbocycles. The van der Waals surface area contributed by atoms with E-state index in [1.807, 2.05) is 32.0 Å². The molecule has 2 atom stereocenters. The molecule has 1 aliphatic heterocycles. The second-order valence-corrected chi connectivity index (χ2v) is 9.28. The van der Waals surface area contributed by atoms with Crippen LogP contribution < -0.4 is 5.32 Å². The highest BCUT2D eigenvalue weighted by Crippen LogP contribution is 2.32. The first-order valence-corrected chi connectivity index (χ1v) is 11.8. The predicted octanol–water partition coefficient (Wildman–Crippen LogP) is 5.52. The molecule has 0 unspecified atom stereocenters. The molecule has 0 saturated heterocycles. The Morgan fingerprint density at radius 1 is 0.889 bits per heavy atom. The van der Waals surface area contributed by atoms with Crippen molar-refractivity contribution in [3.8, 4) is 0 Å². The quantitative estimate of drug-likeness (QED) is 0.338. The number of ether oxygens (including phenoxy) is 1. The molecular weight excluding hydrogens is 503 g/mol. The van der Waals surface area contributed by atoms with E-state index in [-0.39, 0.29) is 21.7 Å². The molecule has 1 N–H and O–H groups in total. The van der Waals surface area contributed by atoms with Crippen LogP contribution in [-0.2, 0) is 14.3 Å². The van der Waals surface area contributed by atoms with E-state index in [1.54, 1.807) is 12.1 Å². The van der Waals surface area contributed by atoms with Crippen LogP contribution in [0.1, 0.15) is 50.4 Å². The number of rotatable bonds is 6. The van der Waals surface area contributed by atoms with Crippen molar-refractivity contribution < 1.29 is 23.9 Å². The smallest absolute Gasteiger partial charge is 0.330 e. The summed E-state index contributed by atoms with van der Waals surface area (Å²) in [6.45, 7) is 5.04. The minimum atomic E-state index is -1.47. The van der Waals surface area contributed by atoms with Gasteiger partial charge in [-0.15, -0.1) is 0 Å². The molecule has 0 radical (unpaired) electrons. The number of carbonyl (C=O) groups excluding carboxylic acids is 4. The van der Waals surface area contributed by atoms with E-state index in [0.29, 0.717) is 10.7 Å². The Bertz CT molecular complexity index is 1350. The lowest BCUT2D eigenvalue weighted by molar-refractivity contribution is -0.158. The van der Waals surface area contributed by atoms with Crippen molar-refractivity contribution in [3.63, 3.8) is 0 Å². The second kappa shape index (κ2) is 10.1. The molecule has 0 bridgehead atoms. The zero-order chi connectivity index (χ0) is 26.1. The summed E-state index contributed by atoms with van der Waals surface area (Å²) in [7, 11) is 0. The molecule has 3 amide bonds. The maximum Gasteiger partial charge on any atom is 0.330 e. The highest BCUT2D eigenvalue weighted by atomic mass is 35.5. The highest BCUT2D eigenvalue weighted by molar-refractivity contribution is 6.35. The van der Waals surface area contributed by atoms with Crippen LogP contribution in [0.4, 0.5) is 5.69 Å². The number of hydrogen-bond donors (Lipinski definition) is 1. The van der Waals surface area contributed by atoms with Gasteiger partial charge in [0.15, 0.2) is 0 Å². The van der Waals surface area contributed by atoms with Crippen molar-refractivity contribution in [2.24, 2.45) is 0 Å². The minimum Gasteiger partial charge on any atom is -0.446 e. The van der Waals surface area contributed by atoms with E-state index in [0.717, 1.165) is 16.0 Å². The van der Waals surface area contributed by atoms with Gasteiger partial charge in [0, 0.05) is 21.3 Å². The standard InChI is InChI=1S/C27H22Cl2N2O5/c1-14-7-6-8-15(2)22(14)30-24(32)23(20-12-11-17(28)13-21(20)29)36-27(35)16(3)31-25(33)18-9-4-5-10-19(18)26(31)34/h4-13,16,23H,1-3H3,(H,30,32)/t16-,23-/m0/s1. The summed E-state index contributed by atoms with van der Waals surface area (Å²) in [5.74, 6) is -2.82. The Labute approximate surface area is 218 Å². The van der Waals surface area contributed by atoms with Crippen molar-refractivity contribution in [2.75, 3.05) is 5.32 Å². The van der Waals surface area contributed by atoms with Crippen LogP contribution in [0.15, 0.2) is 60.7 Å². The van der Waals surface area contributed by atoms with Crippen LogP contribution in [-0.4, -0.2) is 34.6 Å². The topological polar surface area (TPSA) is 92.8 Å². The fourth-order valence-corrected chi connectivity index (χ4v) is 4.56. The number of fused-ring (bicyclic) bond motifs is 1. The van der Waals surface area contributed by atoms with Crippen molar-refractivity contribution in [2.45, 2.75) is 32.9 Å². The number of imide groups is 1. The van der Waals surface area contributed by atoms with Crippen molar-refractivity contribution in [1.29, 1.82) is 0 Å². The molecular formula is C27H22Cl2N2O5. The van der Waals surface area contributed by atoms with Gasteiger partial charge in [-0.2, -0.15) is 0 Å². The van der Waals surface area contributed by atoms with Gasteiger partial charge in [-0.3, -0.25) is 19.3 Å². The lowest BCUT2D eigenvalue weighted by atomic mass is 10.1. The third-order valence-corrected chi connectivity index (χ3v) is 6.56. The summed E-state index contributed by atoms with van der Waals surface area (Å²) in [6, 6.07) is 15.0. The third-order valence-electron chi connectivity index (χ3n) is 6.00. The monoisotopic (exact) mass is 524 g/mol. The fourth-order valence-electron chi connectivity index (χ4n) is 4.05. The molecule has 184 valence electrons. The number of nitrogens with zero attached hydrogens (tertiary/aromatic N) is 1. The molecule has 0 aromatic heterocycles. The second-order valence-electron chi connectivity index (χ2n) is 8.44. The Kier molecular flexibility index (Phi) is 7.15. The van der Waals surface area contributed by atoms with Crippen LogP contribution in [0.3, 0.4) is 0 Å². The normalized spacial score (nSPS) is 14.3. The maximum absolute atomic E-state index is 13.4. The van der Waals surface area contributed by atoms with Gasteiger partial charge in [-0.25, -0.2) is 4.79 Å². The molecule has 0 spiro atoms. The number of carbonyl (C=O) groups is 4. The molecule has 3 aromatic rings. The molecule has 0 aliphatic carbocycles. The zero-order valence-corrected chi connectivity index (χ0v) is 21.2. The number of anilines is 1. The summed E-state index contributed by atoms with van der Waals surface area (Å²) in [5, 5.41) is 3.26. The molecule has 0 saturated carbocycles. The van der Waals surface area contributed by atoms with E-state index >= 15 is 0 Å². The summed E-state index contributed by atoms with van der Waals surface area (Å²) >= 11 is 12.4. The number of nitrogens with one attached hydrogen (secondary N) is 1. The summed E-state index contributed by atoms with van der Waals surface area (Å²) in [4.78, 5) is 53.1. The van der Waals surface area contributed by atoms with E-state index < -0.39 is 35.8 Å². The highest BCUT2D eigenvalue weighted by Gasteiger charge is 2.42. The van der Waals surface area contributed by atoms with E-state index in [1.165, 1.54) is 37.3 Å². The van der Waals surface area contributed by atoms with E-state index in [9.17, 15) is 19.2 Å². The van der Waals surface area contributed by atoms with Gasteiger partial charge in [-0.05, 0) is 56.2 Å². The van der Waals surface area contributed by atoms with Crippen molar-refractivity contribution >= 4 is 52.6 Å². The number of aryl methyl sites for hydroxylation is 2. The minimum absolute atomic E-state index is 0.116. The van der Waals surface area contributed by atoms with Crippen LogP contribution in [0.2, 0.25) is 10.0 Å². The van der Waals surface area contributed by atoms with Crippen LogP contribution in [0, 0.1) is 13.8 Å². The van der Waals surface area contributed by atoms with Crippen molar-refractivity contribution in [1.82, 2.24) is 4.90 Å². The van der Waals surface area contributed by atoms with Crippen LogP contribution in [0.25, 0.3) is 0 Å². The van der Waals surface area contributed by atoms with Crippen LogP contribution >= 0.6 is 23.2 Å². The number of benzene rings is 3. The van der Waals surface area contributed by atoms with Gasteiger partial charge >= 0.3 is 5.97 Å². The Balaban J connectivity index is 1.64. The van der Waals surface area contributed by atoms with Gasteiger partial charge in [-0.1, -0.05) is 59.6 Å². The number of esters is 1. The van der Waals surface area contributed by atoms with Gasteiger partial charge in [0.1, 0.15) is 6.04 Å². The zero-order valence-electron chi connectivity index (χ0n) is 19.7. The largest absolute Gasteiger partial charge is 0.446 e. The molecule has 1 heterocycles. The van der Waals surface area contributed by atoms with Gasteiger partial charge in [0.25, 0.3) is 17.7 Å². The molecule has 36 heavy (non-hydrogen) atoms. The van der Waals surface area contributed by atoms with Gasteiger partial charge in [0.2, 0.25) is 6.10 Å². The summed E-state index contributed by atoms with van der Waals surface area (Å²) in [6.07, 6.45) is -1.47. The summed E-state index contributed by atoms with van der Waals surface area (Å²) in [5.41, 5.74) is 2.80. The van der Waals surface area contributed by atoms with E-state index in [2.05, 4.69) is 5.32 Å². The molecule has 1 aliphatic rings. The number of halogens is 2. The Morgan fingerprint density at radius 3 is 2.03 bits per heavy atom. The predicted molar refractivity (Wildman–Crippen MR) is 136 cm³/mol. The summed E-state index contributed by atoms with van der Waals surface area (Å²) < 4.78 is 5.62. The number of amides is 3.